The molecular weight excluding hydrogens is 382 g/mol. The number of benzene rings is 2. The van der Waals surface area contributed by atoms with Gasteiger partial charge in [0.15, 0.2) is 5.82 Å². The highest BCUT2D eigenvalue weighted by Gasteiger charge is 2.21. The molecular formula is C20H20ClN3O2S. The smallest absolute Gasteiger partial charge is 0.248 e. The predicted octanol–water partition coefficient (Wildman–Crippen LogP) is 4.67. The fourth-order valence-corrected chi connectivity index (χ4v) is 3.63. The van der Waals surface area contributed by atoms with Crippen LogP contribution in [0.3, 0.4) is 0 Å². The molecule has 2 unspecified atom stereocenters. The summed E-state index contributed by atoms with van der Waals surface area (Å²) in [5.74, 6) is 0.871. The number of amides is 1. The van der Waals surface area contributed by atoms with Gasteiger partial charge in [-0.3, -0.25) is 4.79 Å². The fraction of sp³-hybridized carbons (Fsp3) is 0.250. The van der Waals surface area contributed by atoms with Crippen LogP contribution in [0.2, 0.25) is 5.02 Å². The summed E-state index contributed by atoms with van der Waals surface area (Å²) in [4.78, 5) is 17.7. The van der Waals surface area contributed by atoms with Crippen molar-refractivity contribution >= 4 is 29.3 Å². The minimum Gasteiger partial charge on any atom is -0.344 e. The molecule has 0 spiro atoms. The first-order valence-electron chi connectivity index (χ1n) is 8.61. The predicted molar refractivity (Wildman–Crippen MR) is 107 cm³/mol. The van der Waals surface area contributed by atoms with Gasteiger partial charge in [0.1, 0.15) is 6.04 Å². The Hall–Kier alpha value is -2.31. The van der Waals surface area contributed by atoms with Crippen LogP contribution in [0, 0.1) is 0 Å². The zero-order chi connectivity index (χ0) is 19.2. The molecule has 0 radical (unpaired) electrons. The molecule has 0 bridgehead atoms. The summed E-state index contributed by atoms with van der Waals surface area (Å²) in [6.07, 6.45) is 0.587. The number of thioether (sulfide) groups is 1. The third kappa shape index (κ3) is 5.34. The Labute approximate surface area is 167 Å². The van der Waals surface area contributed by atoms with E-state index in [2.05, 4.69) is 15.5 Å². The minimum absolute atomic E-state index is 0.116. The van der Waals surface area contributed by atoms with E-state index in [1.807, 2.05) is 68.4 Å². The average molecular weight is 402 g/mol. The number of hydrogen-bond donors (Lipinski definition) is 1. The molecule has 1 amide bonds. The van der Waals surface area contributed by atoms with Crippen molar-refractivity contribution in [2.24, 2.45) is 0 Å². The number of carbonyl (C=O) groups excluding carboxylic acids is 1. The summed E-state index contributed by atoms with van der Waals surface area (Å²) in [5, 5.41) is 7.25. The van der Waals surface area contributed by atoms with E-state index in [4.69, 9.17) is 16.1 Å². The van der Waals surface area contributed by atoms with Crippen LogP contribution in [0.5, 0.6) is 0 Å². The number of nitrogens with one attached hydrogen (secondary N) is 1. The van der Waals surface area contributed by atoms with E-state index >= 15 is 0 Å². The van der Waals surface area contributed by atoms with E-state index in [9.17, 15) is 4.79 Å². The SMILES string of the molecule is CC(Sc1ccccc1Cl)C(=O)NC(C)c1nc(Cc2ccccc2)no1. The Morgan fingerprint density at radius 1 is 1.15 bits per heavy atom. The molecule has 1 N–H and O–H groups in total. The molecule has 0 saturated carbocycles. The molecule has 2 atom stereocenters. The molecule has 0 aliphatic carbocycles. The Balaban J connectivity index is 1.57. The molecule has 0 saturated heterocycles. The highest BCUT2D eigenvalue weighted by atomic mass is 35.5. The van der Waals surface area contributed by atoms with Crippen LogP contribution in [0.15, 0.2) is 64.0 Å². The lowest BCUT2D eigenvalue weighted by molar-refractivity contribution is -0.121. The molecule has 3 aromatic rings. The first-order chi connectivity index (χ1) is 13.0. The lowest BCUT2D eigenvalue weighted by Crippen LogP contribution is -2.33. The van der Waals surface area contributed by atoms with Gasteiger partial charge in [-0.25, -0.2) is 0 Å². The summed E-state index contributed by atoms with van der Waals surface area (Å²) >= 11 is 7.57. The average Bonchev–Trinajstić information content (AvgIpc) is 3.13. The molecule has 0 fully saturated rings. The van der Waals surface area contributed by atoms with Gasteiger partial charge in [-0.2, -0.15) is 4.98 Å². The van der Waals surface area contributed by atoms with Crippen LogP contribution in [0.25, 0.3) is 0 Å². The van der Waals surface area contributed by atoms with Crippen LogP contribution in [-0.4, -0.2) is 21.3 Å². The van der Waals surface area contributed by atoms with Gasteiger partial charge in [-0.15, -0.1) is 11.8 Å². The lowest BCUT2D eigenvalue weighted by Gasteiger charge is -2.15. The van der Waals surface area contributed by atoms with Crippen LogP contribution < -0.4 is 5.32 Å². The zero-order valence-corrected chi connectivity index (χ0v) is 16.6. The maximum absolute atomic E-state index is 12.5. The number of halogens is 1. The number of rotatable bonds is 7. The Kier molecular flexibility index (Phi) is 6.53. The molecule has 5 nitrogen and oxygen atoms in total. The van der Waals surface area contributed by atoms with Gasteiger partial charge < -0.3 is 9.84 Å². The lowest BCUT2D eigenvalue weighted by atomic mass is 10.1. The number of hydrogen-bond acceptors (Lipinski definition) is 5. The number of carbonyl (C=O) groups is 1. The van der Waals surface area contributed by atoms with Crippen LogP contribution >= 0.6 is 23.4 Å². The second kappa shape index (κ2) is 9.06. The summed E-state index contributed by atoms with van der Waals surface area (Å²) in [6.45, 7) is 3.66. The molecule has 0 aliphatic rings. The largest absolute Gasteiger partial charge is 0.344 e. The van der Waals surface area contributed by atoms with Crippen molar-refractivity contribution in [1.82, 2.24) is 15.5 Å². The van der Waals surface area contributed by atoms with Crippen LogP contribution in [0.4, 0.5) is 0 Å². The van der Waals surface area contributed by atoms with E-state index < -0.39 is 0 Å². The maximum atomic E-state index is 12.5. The van der Waals surface area contributed by atoms with E-state index in [1.165, 1.54) is 11.8 Å². The van der Waals surface area contributed by atoms with E-state index in [0.29, 0.717) is 23.2 Å². The van der Waals surface area contributed by atoms with Gasteiger partial charge in [0.25, 0.3) is 0 Å². The molecule has 7 heteroatoms. The zero-order valence-electron chi connectivity index (χ0n) is 15.1. The van der Waals surface area contributed by atoms with Crippen molar-refractivity contribution in [3.05, 3.63) is 76.9 Å². The third-order valence-electron chi connectivity index (χ3n) is 3.93. The summed E-state index contributed by atoms with van der Waals surface area (Å²) in [5.41, 5.74) is 1.10. The molecule has 1 aromatic heterocycles. The second-order valence-corrected chi connectivity index (χ2v) is 7.92. The van der Waals surface area contributed by atoms with Gasteiger partial charge in [0, 0.05) is 11.3 Å². The first-order valence-corrected chi connectivity index (χ1v) is 9.86. The van der Waals surface area contributed by atoms with Crippen molar-refractivity contribution in [3.8, 4) is 0 Å². The first kappa shape index (κ1) is 19.5. The van der Waals surface area contributed by atoms with Gasteiger partial charge >= 0.3 is 0 Å². The monoisotopic (exact) mass is 401 g/mol. The topological polar surface area (TPSA) is 68.0 Å². The molecule has 0 aliphatic heterocycles. The van der Waals surface area contributed by atoms with Gasteiger partial charge in [0.2, 0.25) is 11.8 Å². The normalized spacial score (nSPS) is 13.1. The van der Waals surface area contributed by atoms with Gasteiger partial charge in [-0.1, -0.05) is 59.2 Å². The quantitative estimate of drug-likeness (QED) is 0.582. The van der Waals surface area contributed by atoms with Crippen LogP contribution in [0.1, 0.15) is 37.2 Å². The summed E-state index contributed by atoms with van der Waals surface area (Å²) < 4.78 is 5.31. The van der Waals surface area contributed by atoms with E-state index in [1.54, 1.807) is 0 Å². The highest BCUT2D eigenvalue weighted by molar-refractivity contribution is 8.00. The number of aromatic nitrogens is 2. The van der Waals surface area contributed by atoms with Crippen molar-refractivity contribution < 1.29 is 9.32 Å². The molecule has 2 aromatic carbocycles. The van der Waals surface area contributed by atoms with E-state index in [0.717, 1.165) is 10.5 Å². The van der Waals surface area contributed by atoms with Crippen molar-refractivity contribution in [1.29, 1.82) is 0 Å². The van der Waals surface area contributed by atoms with Crippen molar-refractivity contribution in [3.63, 3.8) is 0 Å². The second-order valence-electron chi connectivity index (χ2n) is 6.13. The third-order valence-corrected chi connectivity index (χ3v) is 5.55. The highest BCUT2D eigenvalue weighted by Crippen LogP contribution is 2.30. The van der Waals surface area contributed by atoms with Gasteiger partial charge in [0.05, 0.1) is 10.3 Å². The standard InChI is InChI=1S/C20H20ClN3O2S/c1-13(20-23-18(24-26-20)12-15-8-4-3-5-9-15)22-19(25)14(2)27-17-11-7-6-10-16(17)21/h3-11,13-14H,12H2,1-2H3,(H,22,25). The van der Waals surface area contributed by atoms with E-state index in [-0.39, 0.29) is 17.2 Å². The minimum atomic E-state index is -0.371. The fourth-order valence-electron chi connectivity index (χ4n) is 2.47. The summed E-state index contributed by atoms with van der Waals surface area (Å²) in [7, 11) is 0. The Bertz CT molecular complexity index is 901. The maximum Gasteiger partial charge on any atom is 0.248 e. The van der Waals surface area contributed by atoms with Gasteiger partial charge in [-0.05, 0) is 31.5 Å². The molecule has 27 heavy (non-hydrogen) atoms. The van der Waals surface area contributed by atoms with Crippen molar-refractivity contribution in [2.45, 2.75) is 36.5 Å². The Morgan fingerprint density at radius 2 is 1.85 bits per heavy atom. The molecule has 140 valence electrons. The Morgan fingerprint density at radius 3 is 2.59 bits per heavy atom. The molecule has 3 rings (SSSR count). The van der Waals surface area contributed by atoms with Crippen LogP contribution in [-0.2, 0) is 11.2 Å². The number of nitrogens with zero attached hydrogens (tertiary/aromatic N) is 2. The summed E-state index contributed by atoms with van der Waals surface area (Å²) in [6, 6.07) is 17.0. The van der Waals surface area contributed by atoms with Crippen molar-refractivity contribution in [2.75, 3.05) is 0 Å². The molecule has 1 heterocycles.